The molecule has 0 aliphatic heterocycles. The van der Waals surface area contributed by atoms with Gasteiger partial charge in [-0.05, 0) is 62.6 Å². The summed E-state index contributed by atoms with van der Waals surface area (Å²) in [6.07, 6.45) is 2.34. The van der Waals surface area contributed by atoms with Gasteiger partial charge in [-0.25, -0.2) is 8.78 Å². The van der Waals surface area contributed by atoms with Crippen molar-refractivity contribution in [1.29, 1.82) is 0 Å². The van der Waals surface area contributed by atoms with Crippen LogP contribution in [-0.4, -0.2) is 16.4 Å². The van der Waals surface area contributed by atoms with E-state index in [4.69, 9.17) is 11.6 Å². The topological polar surface area (TPSA) is 46.2 Å². The van der Waals surface area contributed by atoms with Crippen molar-refractivity contribution in [3.8, 4) is 0 Å². The van der Waals surface area contributed by atoms with Gasteiger partial charge in [0.25, 0.3) is 5.91 Å². The monoisotopic (exact) mass is 395 g/mol. The van der Waals surface area contributed by atoms with Crippen LogP contribution in [0, 0.1) is 11.6 Å². The maximum Gasteiger partial charge on any atom is 0.255 e. The molecule has 1 N–H and O–H groups in total. The lowest BCUT2D eigenvalue weighted by Crippen LogP contribution is -2.40. The van der Waals surface area contributed by atoms with Gasteiger partial charge in [0.2, 0.25) is 0 Å². The summed E-state index contributed by atoms with van der Waals surface area (Å²) in [5.41, 5.74) is 0.575. The summed E-state index contributed by atoms with van der Waals surface area (Å²) in [6, 6.07) is 7.84. The fourth-order valence-corrected chi connectivity index (χ4v) is 4.32. The summed E-state index contributed by atoms with van der Waals surface area (Å²) in [4.78, 5) is 24.6. The lowest BCUT2D eigenvalue weighted by Gasteiger charge is -2.38. The van der Waals surface area contributed by atoms with Gasteiger partial charge in [-0.3, -0.25) is 9.59 Å². The summed E-state index contributed by atoms with van der Waals surface area (Å²) >= 11 is 6.88. The predicted molar refractivity (Wildman–Crippen MR) is 98.9 cm³/mol. The van der Waals surface area contributed by atoms with E-state index in [0.29, 0.717) is 18.5 Å². The maximum absolute atomic E-state index is 14.2. The second kappa shape index (κ2) is 7.37. The van der Waals surface area contributed by atoms with E-state index in [1.807, 2.05) is 0 Å². The van der Waals surface area contributed by atoms with Gasteiger partial charge in [-0.2, -0.15) is 0 Å². The van der Waals surface area contributed by atoms with Crippen LogP contribution in [0.3, 0.4) is 0 Å². The number of hydrogen-bond donors (Lipinski definition) is 1. The molecule has 1 aliphatic rings. The second-order valence-corrected chi connectivity index (χ2v) is 8.07. The summed E-state index contributed by atoms with van der Waals surface area (Å²) < 4.78 is 26.8. The molecule has 0 spiro atoms. The molecule has 1 aliphatic carbocycles. The first-order chi connectivity index (χ1) is 12.3. The van der Waals surface area contributed by atoms with Crippen LogP contribution >= 0.6 is 23.4 Å². The van der Waals surface area contributed by atoms with Crippen molar-refractivity contribution < 1.29 is 18.4 Å². The predicted octanol–water partition coefficient (Wildman–Crippen LogP) is 5.47. The van der Waals surface area contributed by atoms with Crippen molar-refractivity contribution >= 4 is 40.7 Å². The number of anilines is 1. The summed E-state index contributed by atoms with van der Waals surface area (Å²) in [6.45, 7) is 1.51. The number of thioether (sulfide) groups is 1. The van der Waals surface area contributed by atoms with E-state index in [1.165, 1.54) is 49.0 Å². The van der Waals surface area contributed by atoms with Crippen LogP contribution < -0.4 is 5.32 Å². The highest BCUT2D eigenvalue weighted by atomic mass is 35.5. The first-order valence-electron chi connectivity index (χ1n) is 8.07. The zero-order valence-corrected chi connectivity index (χ0v) is 15.5. The quantitative estimate of drug-likeness (QED) is 0.729. The number of halogens is 3. The Morgan fingerprint density at radius 1 is 1.12 bits per heavy atom. The number of hydrogen-bond acceptors (Lipinski definition) is 3. The first kappa shape index (κ1) is 18.9. The molecule has 0 saturated heterocycles. The smallest absolute Gasteiger partial charge is 0.255 e. The molecule has 2 aromatic carbocycles. The van der Waals surface area contributed by atoms with Gasteiger partial charge in [-0.15, -0.1) is 11.8 Å². The Hall–Kier alpha value is -1.92. The molecule has 0 unspecified atom stereocenters. The molecule has 0 heterocycles. The van der Waals surface area contributed by atoms with E-state index >= 15 is 0 Å². The highest BCUT2D eigenvalue weighted by Crippen LogP contribution is 2.49. The number of nitrogens with one attached hydrogen (secondary N) is 1. The standard InChI is InChI=1S/C19H16ClF2NO2S/c1-11(24)19(7-2-8-19)26-17-9-12(3-5-16(17)22)18(25)23-13-4-6-15(21)14(20)10-13/h3-6,9-10H,2,7-8H2,1H3,(H,23,25). The molecule has 0 aromatic heterocycles. The highest BCUT2D eigenvalue weighted by Gasteiger charge is 2.43. The normalized spacial score (nSPS) is 15.2. The first-order valence-corrected chi connectivity index (χ1v) is 9.26. The Bertz CT molecular complexity index is 884. The van der Waals surface area contributed by atoms with E-state index in [2.05, 4.69) is 5.32 Å². The van der Waals surface area contributed by atoms with E-state index < -0.39 is 22.3 Å². The summed E-state index contributed by atoms with van der Waals surface area (Å²) in [5, 5.41) is 2.49. The number of carbonyl (C=O) groups excluding carboxylic acids is 2. The minimum absolute atomic E-state index is 0.0176. The number of carbonyl (C=O) groups is 2. The molecular formula is C19H16ClF2NO2S. The molecule has 1 saturated carbocycles. The van der Waals surface area contributed by atoms with E-state index in [1.54, 1.807) is 0 Å². The highest BCUT2D eigenvalue weighted by molar-refractivity contribution is 8.01. The van der Waals surface area contributed by atoms with Crippen LogP contribution in [0.5, 0.6) is 0 Å². The van der Waals surface area contributed by atoms with Gasteiger partial charge in [-0.1, -0.05) is 11.6 Å². The Kier molecular flexibility index (Phi) is 5.34. The third-order valence-electron chi connectivity index (χ3n) is 4.48. The maximum atomic E-state index is 14.2. The van der Waals surface area contributed by atoms with Crippen molar-refractivity contribution in [3.63, 3.8) is 0 Å². The largest absolute Gasteiger partial charge is 0.322 e. The van der Waals surface area contributed by atoms with Crippen LogP contribution in [-0.2, 0) is 4.79 Å². The Labute approximate surface area is 159 Å². The molecule has 3 rings (SSSR count). The molecule has 1 amide bonds. The van der Waals surface area contributed by atoms with Gasteiger partial charge in [0.05, 0.1) is 9.77 Å². The molecule has 0 radical (unpaired) electrons. The van der Waals surface area contributed by atoms with Crippen LogP contribution in [0.2, 0.25) is 5.02 Å². The average molecular weight is 396 g/mol. The number of ketones is 1. The molecule has 7 heteroatoms. The summed E-state index contributed by atoms with van der Waals surface area (Å²) in [7, 11) is 0. The third kappa shape index (κ3) is 3.76. The Morgan fingerprint density at radius 2 is 1.81 bits per heavy atom. The Balaban J connectivity index is 1.81. The summed E-state index contributed by atoms with van der Waals surface area (Å²) in [5.74, 6) is -1.51. The Morgan fingerprint density at radius 3 is 2.38 bits per heavy atom. The van der Waals surface area contributed by atoms with Crippen molar-refractivity contribution in [1.82, 2.24) is 0 Å². The zero-order chi connectivity index (χ0) is 18.9. The minimum Gasteiger partial charge on any atom is -0.322 e. The lowest BCUT2D eigenvalue weighted by atomic mass is 9.81. The lowest BCUT2D eigenvalue weighted by molar-refractivity contribution is -0.121. The zero-order valence-electron chi connectivity index (χ0n) is 13.9. The average Bonchev–Trinajstić information content (AvgIpc) is 2.55. The molecule has 1 fully saturated rings. The van der Waals surface area contributed by atoms with E-state index in [9.17, 15) is 18.4 Å². The molecule has 26 heavy (non-hydrogen) atoms. The van der Waals surface area contributed by atoms with Gasteiger partial charge in [0.1, 0.15) is 17.4 Å². The second-order valence-electron chi connectivity index (χ2n) is 6.23. The molecule has 136 valence electrons. The van der Waals surface area contributed by atoms with Crippen LogP contribution in [0.4, 0.5) is 14.5 Å². The van der Waals surface area contributed by atoms with Crippen molar-refractivity contribution in [3.05, 3.63) is 58.6 Å². The van der Waals surface area contributed by atoms with Gasteiger partial charge in [0, 0.05) is 16.1 Å². The third-order valence-corrected chi connectivity index (χ3v) is 6.39. The van der Waals surface area contributed by atoms with Gasteiger partial charge < -0.3 is 5.32 Å². The van der Waals surface area contributed by atoms with Crippen LogP contribution in [0.1, 0.15) is 36.5 Å². The molecule has 2 aromatic rings. The fourth-order valence-electron chi connectivity index (χ4n) is 2.73. The number of Topliss-reactive ketones (excluding diaryl/α,β-unsaturated/α-hetero) is 1. The van der Waals surface area contributed by atoms with Crippen molar-refractivity contribution in [2.45, 2.75) is 35.8 Å². The van der Waals surface area contributed by atoms with Crippen LogP contribution in [0.25, 0.3) is 0 Å². The SMILES string of the molecule is CC(=O)C1(Sc2cc(C(=O)Nc3ccc(F)c(Cl)c3)ccc2F)CCC1. The van der Waals surface area contributed by atoms with Gasteiger partial charge in [0.15, 0.2) is 0 Å². The van der Waals surface area contributed by atoms with Crippen LogP contribution in [0.15, 0.2) is 41.3 Å². The molecule has 3 nitrogen and oxygen atoms in total. The minimum atomic E-state index is -0.597. The molecular weight excluding hydrogens is 380 g/mol. The van der Waals surface area contributed by atoms with Crippen molar-refractivity contribution in [2.24, 2.45) is 0 Å². The van der Waals surface area contributed by atoms with E-state index in [0.717, 1.165) is 12.5 Å². The molecule has 0 atom stereocenters. The molecule has 0 bridgehead atoms. The van der Waals surface area contributed by atoms with E-state index in [-0.39, 0.29) is 21.3 Å². The number of rotatable bonds is 5. The number of amides is 1. The number of benzene rings is 2. The van der Waals surface area contributed by atoms with Crippen molar-refractivity contribution in [2.75, 3.05) is 5.32 Å². The fraction of sp³-hybridized carbons (Fsp3) is 0.263. The van der Waals surface area contributed by atoms with Gasteiger partial charge >= 0.3 is 0 Å².